The molecule has 0 saturated carbocycles. The van der Waals surface area contributed by atoms with Gasteiger partial charge in [0.05, 0.1) is 0 Å². The summed E-state index contributed by atoms with van der Waals surface area (Å²) in [5.74, 6) is 1.59. The van der Waals surface area contributed by atoms with Crippen LogP contribution < -0.4 is 5.32 Å². The van der Waals surface area contributed by atoms with Crippen molar-refractivity contribution < 1.29 is 0 Å². The maximum atomic E-state index is 5.70. The van der Waals surface area contributed by atoms with E-state index in [-0.39, 0.29) is 0 Å². The number of hydrogen-bond acceptors (Lipinski definition) is 2. The third-order valence-electron chi connectivity index (χ3n) is 2.03. The van der Waals surface area contributed by atoms with Gasteiger partial charge in [-0.15, -0.1) is 11.6 Å². The highest BCUT2D eigenvalue weighted by molar-refractivity contribution is 9.10. The average molecular weight is 278 g/mol. The minimum absolute atomic E-state index is 0.418. The molecule has 1 aromatic heterocycles. The Hall–Kier alpha value is -0.280. The molecule has 0 fully saturated rings. The van der Waals surface area contributed by atoms with Crippen molar-refractivity contribution in [3.63, 3.8) is 0 Å². The molecule has 1 aromatic rings. The molecule has 78 valence electrons. The molecule has 1 atom stereocenters. The second kappa shape index (κ2) is 6.25. The zero-order valence-corrected chi connectivity index (χ0v) is 10.5. The number of rotatable bonds is 5. The summed E-state index contributed by atoms with van der Waals surface area (Å²) in [6, 6.07) is 4.35. The van der Waals surface area contributed by atoms with Gasteiger partial charge in [0.15, 0.2) is 0 Å². The lowest BCUT2D eigenvalue weighted by Gasteiger charge is -2.15. The van der Waals surface area contributed by atoms with Gasteiger partial charge >= 0.3 is 0 Å². The van der Waals surface area contributed by atoms with Gasteiger partial charge in [0, 0.05) is 22.6 Å². The number of nitrogens with zero attached hydrogens (tertiary/aromatic N) is 1. The van der Waals surface area contributed by atoms with Crippen molar-refractivity contribution >= 4 is 33.3 Å². The molecule has 0 aliphatic heterocycles. The smallest absolute Gasteiger partial charge is 0.126 e. The van der Waals surface area contributed by atoms with Gasteiger partial charge in [0.2, 0.25) is 0 Å². The van der Waals surface area contributed by atoms with Crippen LogP contribution in [0.3, 0.4) is 0 Å². The van der Waals surface area contributed by atoms with Crippen LogP contribution in [0.5, 0.6) is 0 Å². The van der Waals surface area contributed by atoms with E-state index >= 15 is 0 Å². The molecule has 2 nitrogen and oxygen atoms in total. The Labute approximate surface area is 98.2 Å². The standard InChI is InChI=1S/C10H14BrClN2/c1-2-9(5-6-12)14-10-4-3-8(11)7-13-10/h3-4,7,9H,2,5-6H2,1H3,(H,13,14). The van der Waals surface area contributed by atoms with Crippen LogP contribution >= 0.6 is 27.5 Å². The summed E-state index contributed by atoms with van der Waals surface area (Å²) in [5.41, 5.74) is 0. The van der Waals surface area contributed by atoms with E-state index in [2.05, 4.69) is 33.2 Å². The minimum atomic E-state index is 0.418. The fourth-order valence-corrected chi connectivity index (χ4v) is 1.68. The molecule has 0 aliphatic carbocycles. The molecule has 0 aliphatic rings. The number of alkyl halides is 1. The summed E-state index contributed by atoms with van der Waals surface area (Å²) in [7, 11) is 0. The van der Waals surface area contributed by atoms with Gasteiger partial charge in [0.1, 0.15) is 5.82 Å². The van der Waals surface area contributed by atoms with Gasteiger partial charge in [-0.3, -0.25) is 0 Å². The lowest BCUT2D eigenvalue weighted by Crippen LogP contribution is -2.19. The fraction of sp³-hybridized carbons (Fsp3) is 0.500. The monoisotopic (exact) mass is 276 g/mol. The average Bonchev–Trinajstić information content (AvgIpc) is 2.20. The highest BCUT2D eigenvalue weighted by atomic mass is 79.9. The van der Waals surface area contributed by atoms with Gasteiger partial charge in [0.25, 0.3) is 0 Å². The summed E-state index contributed by atoms with van der Waals surface area (Å²) >= 11 is 9.05. The molecule has 14 heavy (non-hydrogen) atoms. The fourth-order valence-electron chi connectivity index (χ4n) is 1.18. The van der Waals surface area contributed by atoms with E-state index in [0.29, 0.717) is 11.9 Å². The number of anilines is 1. The number of hydrogen-bond donors (Lipinski definition) is 1. The van der Waals surface area contributed by atoms with Gasteiger partial charge in [-0.25, -0.2) is 4.98 Å². The van der Waals surface area contributed by atoms with E-state index < -0.39 is 0 Å². The number of aromatic nitrogens is 1. The first kappa shape index (κ1) is 11.8. The van der Waals surface area contributed by atoms with Crippen LogP contribution in [-0.2, 0) is 0 Å². The van der Waals surface area contributed by atoms with Crippen molar-refractivity contribution in [1.82, 2.24) is 4.98 Å². The van der Waals surface area contributed by atoms with Crippen molar-refractivity contribution in [2.24, 2.45) is 0 Å². The van der Waals surface area contributed by atoms with Crippen molar-refractivity contribution in [2.45, 2.75) is 25.8 Å². The second-order valence-corrected chi connectivity index (χ2v) is 4.38. The quantitative estimate of drug-likeness (QED) is 0.831. The van der Waals surface area contributed by atoms with Crippen molar-refractivity contribution in [3.8, 4) is 0 Å². The number of nitrogens with one attached hydrogen (secondary N) is 1. The predicted octanol–water partition coefficient (Wildman–Crippen LogP) is 3.66. The first-order valence-electron chi connectivity index (χ1n) is 4.70. The maximum absolute atomic E-state index is 5.70. The zero-order chi connectivity index (χ0) is 10.4. The SMILES string of the molecule is CCC(CCCl)Nc1ccc(Br)cn1. The Balaban J connectivity index is 2.53. The second-order valence-electron chi connectivity index (χ2n) is 3.09. The van der Waals surface area contributed by atoms with Gasteiger partial charge < -0.3 is 5.32 Å². The summed E-state index contributed by atoms with van der Waals surface area (Å²) < 4.78 is 0.994. The first-order chi connectivity index (χ1) is 6.76. The predicted molar refractivity (Wildman–Crippen MR) is 65.0 cm³/mol. The van der Waals surface area contributed by atoms with Gasteiger partial charge in [-0.05, 0) is 40.9 Å². The lowest BCUT2D eigenvalue weighted by molar-refractivity contribution is 0.672. The van der Waals surface area contributed by atoms with E-state index in [9.17, 15) is 0 Å². The molecular formula is C10H14BrClN2. The molecule has 1 N–H and O–H groups in total. The molecule has 4 heteroatoms. The molecule has 0 spiro atoms. The van der Waals surface area contributed by atoms with Crippen LogP contribution in [0.2, 0.25) is 0 Å². The van der Waals surface area contributed by atoms with Gasteiger partial charge in [-0.2, -0.15) is 0 Å². The van der Waals surface area contributed by atoms with Gasteiger partial charge in [-0.1, -0.05) is 6.92 Å². The van der Waals surface area contributed by atoms with Crippen molar-refractivity contribution in [3.05, 3.63) is 22.8 Å². The van der Waals surface area contributed by atoms with Crippen LogP contribution in [0, 0.1) is 0 Å². The third-order valence-corrected chi connectivity index (χ3v) is 2.72. The molecule has 0 aromatic carbocycles. The van der Waals surface area contributed by atoms with E-state index in [1.165, 1.54) is 0 Å². The van der Waals surface area contributed by atoms with Crippen LogP contribution in [-0.4, -0.2) is 16.9 Å². The maximum Gasteiger partial charge on any atom is 0.126 e. The lowest BCUT2D eigenvalue weighted by atomic mass is 10.2. The Morgan fingerprint density at radius 2 is 2.36 bits per heavy atom. The van der Waals surface area contributed by atoms with Crippen molar-refractivity contribution in [2.75, 3.05) is 11.2 Å². The molecule has 1 heterocycles. The molecule has 0 amide bonds. The van der Waals surface area contributed by atoms with E-state index in [4.69, 9.17) is 11.6 Å². The Morgan fingerprint density at radius 3 is 2.86 bits per heavy atom. The van der Waals surface area contributed by atoms with E-state index in [0.717, 1.165) is 23.1 Å². The van der Waals surface area contributed by atoms with Crippen LogP contribution in [0.1, 0.15) is 19.8 Å². The number of halogens is 2. The van der Waals surface area contributed by atoms with E-state index in [1.807, 2.05) is 12.1 Å². The van der Waals surface area contributed by atoms with Crippen LogP contribution in [0.4, 0.5) is 5.82 Å². The van der Waals surface area contributed by atoms with Crippen LogP contribution in [0.15, 0.2) is 22.8 Å². The Kier molecular flexibility index (Phi) is 5.26. The van der Waals surface area contributed by atoms with E-state index in [1.54, 1.807) is 6.20 Å². The minimum Gasteiger partial charge on any atom is -0.367 e. The third kappa shape index (κ3) is 3.84. The summed E-state index contributed by atoms with van der Waals surface area (Å²) in [4.78, 5) is 4.25. The van der Waals surface area contributed by atoms with Crippen molar-refractivity contribution in [1.29, 1.82) is 0 Å². The normalized spacial score (nSPS) is 12.5. The summed E-state index contributed by atoms with van der Waals surface area (Å²) in [5, 5.41) is 3.34. The molecule has 0 radical (unpaired) electrons. The highest BCUT2D eigenvalue weighted by Crippen LogP contribution is 2.13. The largest absolute Gasteiger partial charge is 0.367 e. The summed E-state index contributed by atoms with van der Waals surface area (Å²) in [6.45, 7) is 2.14. The highest BCUT2D eigenvalue weighted by Gasteiger charge is 2.05. The molecule has 0 bridgehead atoms. The number of pyridine rings is 1. The Morgan fingerprint density at radius 1 is 1.57 bits per heavy atom. The summed E-state index contributed by atoms with van der Waals surface area (Å²) in [6.07, 6.45) is 3.82. The Bertz CT molecular complexity index is 263. The molecular weight excluding hydrogens is 263 g/mol. The molecule has 1 rings (SSSR count). The topological polar surface area (TPSA) is 24.9 Å². The van der Waals surface area contributed by atoms with Crippen LogP contribution in [0.25, 0.3) is 0 Å². The first-order valence-corrected chi connectivity index (χ1v) is 6.03. The zero-order valence-electron chi connectivity index (χ0n) is 8.13. The molecule has 1 unspecified atom stereocenters. The molecule has 0 saturated heterocycles.